The van der Waals surface area contributed by atoms with Gasteiger partial charge >= 0.3 is 0 Å². The molecule has 0 aliphatic rings. The van der Waals surface area contributed by atoms with E-state index in [-0.39, 0.29) is 10.1 Å². The van der Waals surface area contributed by atoms with Crippen molar-refractivity contribution in [2.24, 2.45) is 0 Å². The van der Waals surface area contributed by atoms with Crippen LogP contribution in [0.3, 0.4) is 0 Å². The van der Waals surface area contributed by atoms with E-state index in [1.807, 2.05) is 36.4 Å². The summed E-state index contributed by atoms with van der Waals surface area (Å²) in [7, 11) is -6.67. The van der Waals surface area contributed by atoms with Gasteiger partial charge < -0.3 is 0 Å². The molecule has 0 saturated carbocycles. The Morgan fingerprint density at radius 3 is 1.07 bits per heavy atom. The molecule has 1 rings (SSSR count). The number of benzene rings is 1. The lowest BCUT2D eigenvalue weighted by atomic mass is 10.4. The zero-order valence-corrected chi connectivity index (χ0v) is 9.21. The van der Waals surface area contributed by atoms with E-state index < -0.39 is 21.8 Å². The van der Waals surface area contributed by atoms with E-state index in [9.17, 15) is 21.6 Å². The number of carbonyl (C=O) groups is 1. The van der Waals surface area contributed by atoms with Gasteiger partial charge in [0.1, 0.15) is 0 Å². The van der Waals surface area contributed by atoms with Crippen molar-refractivity contribution in [1.82, 2.24) is 3.71 Å². The molecule has 0 spiro atoms. The number of hydrogen-bond acceptors (Lipinski definition) is 5. The average Bonchev–Trinajstić information content (AvgIpc) is 2.21. The van der Waals surface area contributed by atoms with Crippen molar-refractivity contribution in [3.63, 3.8) is 0 Å². The molecule has 0 fully saturated rings. The molecule has 0 unspecified atom stereocenters. The summed E-state index contributed by atoms with van der Waals surface area (Å²) in [5.74, 6) is 0. The Hall–Kier alpha value is -1.41. The van der Waals surface area contributed by atoms with Gasteiger partial charge in [-0.25, -0.2) is 16.8 Å². The number of carbonyl (C=O) groups excluding carboxylic acids is 1. The van der Waals surface area contributed by atoms with Gasteiger partial charge in [0, 0.05) is 0 Å². The molecule has 0 bridgehead atoms. The first kappa shape index (κ1) is 13.6. The van der Waals surface area contributed by atoms with Gasteiger partial charge in [-0.05, 0) is 0 Å². The average molecular weight is 251 g/mol. The van der Waals surface area contributed by atoms with Gasteiger partial charge in [0.15, 0.2) is 0 Å². The van der Waals surface area contributed by atoms with Crippen LogP contribution in [0, 0.1) is 0 Å². The molecular formula is C7H9NO5S2. The van der Waals surface area contributed by atoms with Crippen LogP contribution in [0.25, 0.3) is 0 Å². The Labute approximate surface area is 90.3 Å². The van der Waals surface area contributed by atoms with Gasteiger partial charge in [-0.2, -0.15) is 0 Å². The fraction of sp³-hybridized carbons (Fsp3) is 0. The summed E-state index contributed by atoms with van der Waals surface area (Å²) < 4.78 is 38.6. The molecule has 1 amide bonds. The van der Waals surface area contributed by atoms with Crippen LogP contribution in [0.1, 0.15) is 0 Å². The van der Waals surface area contributed by atoms with Crippen LogP contribution in [-0.4, -0.2) is 27.0 Å². The molecule has 1 aromatic rings. The maximum Gasteiger partial charge on any atom is 0.240 e. The van der Waals surface area contributed by atoms with Crippen LogP contribution < -0.4 is 0 Å². The number of hydrogen-bond donors (Lipinski definition) is 2. The summed E-state index contributed by atoms with van der Waals surface area (Å²) in [6, 6.07) is 12.0. The van der Waals surface area contributed by atoms with Crippen LogP contribution in [0.5, 0.6) is 0 Å². The van der Waals surface area contributed by atoms with Crippen LogP contribution >= 0.6 is 0 Å². The summed E-state index contributed by atoms with van der Waals surface area (Å²) >= 11 is 0. The van der Waals surface area contributed by atoms with Gasteiger partial charge in [0.05, 0.1) is 0 Å². The summed E-state index contributed by atoms with van der Waals surface area (Å²) in [4.78, 5) is 9.55. The highest BCUT2D eigenvalue weighted by Crippen LogP contribution is 1.80. The second kappa shape index (κ2) is 7.94. The molecule has 84 valence electrons. The zero-order chi connectivity index (χ0) is 11.7. The summed E-state index contributed by atoms with van der Waals surface area (Å²) in [6.07, 6.45) is -0.294. The van der Waals surface area contributed by atoms with E-state index in [1.165, 1.54) is 0 Å². The van der Waals surface area contributed by atoms with E-state index >= 15 is 0 Å². The number of amides is 1. The molecule has 8 heteroatoms. The predicted octanol–water partition coefficient (Wildman–Crippen LogP) is -0.816. The number of nitrogens with zero attached hydrogens (tertiary/aromatic N) is 1. The first-order valence-electron chi connectivity index (χ1n) is 3.62. The van der Waals surface area contributed by atoms with Gasteiger partial charge in [0.25, 0.3) is 0 Å². The normalized spacial score (nSPS) is 9.20. The first-order chi connectivity index (χ1) is 7.09. The van der Waals surface area contributed by atoms with Crippen molar-refractivity contribution in [2.45, 2.75) is 0 Å². The van der Waals surface area contributed by atoms with E-state index in [0.717, 1.165) is 0 Å². The van der Waals surface area contributed by atoms with Gasteiger partial charge in [0.2, 0.25) is 28.2 Å². The van der Waals surface area contributed by atoms with Gasteiger partial charge in [-0.3, -0.25) is 4.79 Å². The molecule has 0 radical (unpaired) electrons. The standard InChI is InChI=1S/C6H6.CH3NO5S2/c1-2-4-6-5-3-1;3-1-2(8(4)5)9(6)7/h1-6H;1,8-9H. The molecule has 1 aromatic carbocycles. The van der Waals surface area contributed by atoms with Crippen LogP contribution in [0.4, 0.5) is 0 Å². The molecular weight excluding hydrogens is 242 g/mol. The fourth-order valence-corrected chi connectivity index (χ4v) is 1.15. The van der Waals surface area contributed by atoms with Crippen molar-refractivity contribution in [2.75, 3.05) is 0 Å². The minimum absolute atomic E-state index is 0.294. The zero-order valence-electron chi connectivity index (χ0n) is 7.42. The molecule has 0 aliphatic heterocycles. The van der Waals surface area contributed by atoms with Crippen LogP contribution in [0.15, 0.2) is 36.4 Å². The van der Waals surface area contributed by atoms with E-state index in [2.05, 4.69) is 0 Å². The molecule has 0 heterocycles. The second-order valence-electron chi connectivity index (χ2n) is 2.06. The molecule has 6 nitrogen and oxygen atoms in total. The van der Waals surface area contributed by atoms with Crippen molar-refractivity contribution >= 4 is 28.2 Å². The Balaban J connectivity index is 0.000000280. The van der Waals surface area contributed by atoms with E-state index in [1.54, 1.807) is 0 Å². The highest BCUT2D eigenvalue weighted by atomic mass is 32.2. The highest BCUT2D eigenvalue weighted by molar-refractivity contribution is 7.86. The molecule has 0 aromatic heterocycles. The molecule has 0 N–H and O–H groups in total. The Morgan fingerprint density at radius 1 is 0.733 bits per heavy atom. The van der Waals surface area contributed by atoms with Gasteiger partial charge in [-0.15, -0.1) is 3.71 Å². The first-order valence-corrected chi connectivity index (χ1v) is 5.88. The summed E-state index contributed by atoms with van der Waals surface area (Å²) in [5, 5.41) is 0. The third-order valence-electron chi connectivity index (χ3n) is 1.10. The Morgan fingerprint density at radius 2 is 1.00 bits per heavy atom. The monoisotopic (exact) mass is 251 g/mol. The lowest BCUT2D eigenvalue weighted by Gasteiger charge is -1.93. The summed E-state index contributed by atoms with van der Waals surface area (Å²) in [5.41, 5.74) is 0. The van der Waals surface area contributed by atoms with Crippen molar-refractivity contribution in [3.8, 4) is 0 Å². The van der Waals surface area contributed by atoms with Crippen LogP contribution in [-0.2, 0) is 26.6 Å². The van der Waals surface area contributed by atoms with Crippen LogP contribution in [0.2, 0.25) is 0 Å². The molecule has 0 aliphatic carbocycles. The predicted molar refractivity (Wildman–Crippen MR) is 55.0 cm³/mol. The minimum Gasteiger partial charge on any atom is -0.276 e. The third kappa shape index (κ3) is 6.63. The van der Waals surface area contributed by atoms with E-state index in [4.69, 9.17) is 0 Å². The lowest BCUT2D eigenvalue weighted by Crippen LogP contribution is -2.16. The smallest absolute Gasteiger partial charge is 0.240 e. The fourth-order valence-electron chi connectivity index (χ4n) is 0.522. The van der Waals surface area contributed by atoms with Crippen molar-refractivity contribution in [3.05, 3.63) is 36.4 Å². The molecule has 0 atom stereocenters. The third-order valence-corrected chi connectivity index (χ3v) is 2.83. The SMILES string of the molecule is O=CN([SH](=O)=O)[SH](=O)=O.c1ccccc1. The molecule has 0 saturated heterocycles. The lowest BCUT2D eigenvalue weighted by molar-refractivity contribution is -0.111. The second-order valence-corrected chi connectivity index (χ2v) is 4.18. The quantitative estimate of drug-likeness (QED) is 0.541. The Kier molecular flexibility index (Phi) is 7.20. The topological polar surface area (TPSA) is 88.6 Å². The van der Waals surface area contributed by atoms with E-state index in [0.29, 0.717) is 0 Å². The van der Waals surface area contributed by atoms with Gasteiger partial charge in [-0.1, -0.05) is 36.4 Å². The maximum absolute atomic E-state index is 9.72. The van der Waals surface area contributed by atoms with Crippen molar-refractivity contribution < 1.29 is 21.6 Å². The number of rotatable bonds is 3. The largest absolute Gasteiger partial charge is 0.276 e. The van der Waals surface area contributed by atoms with Crippen molar-refractivity contribution in [1.29, 1.82) is 0 Å². The summed E-state index contributed by atoms with van der Waals surface area (Å²) in [6.45, 7) is 0. The number of thiol groups is 2. The molecule has 15 heavy (non-hydrogen) atoms. The minimum atomic E-state index is -3.33. The Bertz CT molecular complexity index is 362. The maximum atomic E-state index is 9.72. The highest BCUT2D eigenvalue weighted by Gasteiger charge is 2.02.